The quantitative estimate of drug-likeness (QED) is 0.167. The first-order chi connectivity index (χ1) is 16.5. The Morgan fingerprint density at radius 2 is 1.49 bits per heavy atom. The molecule has 0 aromatic heterocycles. The molecule has 0 bridgehead atoms. The van der Waals surface area contributed by atoms with Gasteiger partial charge in [0.1, 0.15) is 11.6 Å². The fourth-order valence-corrected chi connectivity index (χ4v) is 3.08. The van der Waals surface area contributed by atoms with Crippen LogP contribution in [0.15, 0.2) is 79.3 Å². The van der Waals surface area contributed by atoms with Gasteiger partial charge in [-0.15, -0.1) is 6.58 Å². The summed E-state index contributed by atoms with van der Waals surface area (Å²) in [4.78, 5) is 0. The summed E-state index contributed by atoms with van der Waals surface area (Å²) in [6, 6.07) is 6.31. The van der Waals surface area contributed by atoms with Crippen molar-refractivity contribution in [3.8, 4) is 22.6 Å². The van der Waals surface area contributed by atoms with Crippen molar-refractivity contribution in [2.45, 2.75) is 19.0 Å². The molecule has 2 nitrogen and oxygen atoms in total. The maximum Gasteiger partial charge on any atom is 0.426 e. The van der Waals surface area contributed by atoms with E-state index < -0.39 is 63.8 Å². The molecule has 0 unspecified atom stereocenters. The third-order valence-electron chi connectivity index (χ3n) is 4.76. The van der Waals surface area contributed by atoms with E-state index in [2.05, 4.69) is 16.1 Å². The number of hydrogen-bond donors (Lipinski definition) is 0. The van der Waals surface area contributed by atoms with E-state index in [1.165, 1.54) is 24.3 Å². The van der Waals surface area contributed by atoms with Crippen LogP contribution < -0.4 is 9.47 Å². The van der Waals surface area contributed by atoms with Gasteiger partial charge in [0.25, 0.3) is 0 Å². The molecule has 3 aromatic carbocycles. The highest BCUT2D eigenvalue weighted by Crippen LogP contribution is 2.36. The second-order valence-corrected chi connectivity index (χ2v) is 7.19. The molecule has 0 aliphatic carbocycles. The van der Waals surface area contributed by atoms with Gasteiger partial charge in [-0.2, -0.15) is 22.0 Å². The Hall–Kier alpha value is -3.82. The van der Waals surface area contributed by atoms with E-state index in [1.807, 2.05) is 0 Å². The van der Waals surface area contributed by atoms with E-state index in [-0.39, 0.29) is 0 Å². The molecule has 0 amide bonds. The van der Waals surface area contributed by atoms with Crippen LogP contribution in [0.2, 0.25) is 0 Å². The standard InChI is InChI=1S/C25H16F8O2/c1-2-3-4-14-5-7-16(8-6-14)25(32,33)35-17-9-10-18(19(26)13-17)15-11-20(27)22(21(28)12-15)34-24(31)23(29)30/h2,5-13H,1,3-4H2. The van der Waals surface area contributed by atoms with Gasteiger partial charge in [-0.3, -0.25) is 0 Å². The van der Waals surface area contributed by atoms with Crippen molar-refractivity contribution >= 4 is 0 Å². The minimum absolute atomic E-state index is 0.427. The number of alkyl halides is 2. The molecule has 184 valence electrons. The molecule has 0 aliphatic rings. The van der Waals surface area contributed by atoms with E-state index >= 15 is 0 Å². The van der Waals surface area contributed by atoms with Gasteiger partial charge in [0.15, 0.2) is 11.6 Å². The van der Waals surface area contributed by atoms with Crippen LogP contribution in [0.1, 0.15) is 17.5 Å². The topological polar surface area (TPSA) is 18.5 Å². The average Bonchev–Trinajstić information content (AvgIpc) is 2.79. The summed E-state index contributed by atoms with van der Waals surface area (Å²) in [6.45, 7) is 3.59. The predicted molar refractivity (Wildman–Crippen MR) is 112 cm³/mol. The second kappa shape index (κ2) is 10.6. The van der Waals surface area contributed by atoms with E-state index in [0.717, 1.165) is 17.7 Å². The molecular weight excluding hydrogens is 484 g/mol. The van der Waals surface area contributed by atoms with Gasteiger partial charge in [-0.25, -0.2) is 13.2 Å². The normalized spacial score (nSPS) is 11.2. The van der Waals surface area contributed by atoms with E-state index in [9.17, 15) is 35.1 Å². The SMILES string of the molecule is C=CCCc1ccc(C(F)(F)Oc2ccc(-c3cc(F)c(OC(F)=C(F)F)c(F)c3)c(F)c2)cc1. The first-order valence-electron chi connectivity index (χ1n) is 9.96. The number of ether oxygens (including phenoxy) is 2. The molecule has 0 N–H and O–H groups in total. The molecule has 3 rings (SSSR count). The van der Waals surface area contributed by atoms with Crippen molar-refractivity contribution in [1.82, 2.24) is 0 Å². The molecule has 0 heterocycles. The molecule has 3 aromatic rings. The smallest absolute Gasteiger partial charge is 0.426 e. The van der Waals surface area contributed by atoms with E-state index in [4.69, 9.17) is 0 Å². The number of aryl methyl sites for hydroxylation is 1. The molecule has 0 spiro atoms. The van der Waals surface area contributed by atoms with Crippen molar-refractivity contribution < 1.29 is 44.6 Å². The fourth-order valence-electron chi connectivity index (χ4n) is 3.08. The van der Waals surface area contributed by atoms with Gasteiger partial charge in [0.2, 0.25) is 5.75 Å². The molecule has 10 heteroatoms. The fraction of sp³-hybridized carbons (Fsp3) is 0.120. The molecular formula is C25H16F8O2. The summed E-state index contributed by atoms with van der Waals surface area (Å²) < 4.78 is 117. The molecule has 0 aliphatic heterocycles. The zero-order valence-corrected chi connectivity index (χ0v) is 17.7. The van der Waals surface area contributed by atoms with Gasteiger partial charge >= 0.3 is 18.2 Å². The number of benzene rings is 3. The van der Waals surface area contributed by atoms with Crippen LogP contribution in [0, 0.1) is 17.5 Å². The molecule has 0 saturated carbocycles. The predicted octanol–water partition coefficient (Wildman–Crippen LogP) is 8.43. The lowest BCUT2D eigenvalue weighted by molar-refractivity contribution is -0.185. The monoisotopic (exact) mass is 500 g/mol. The van der Waals surface area contributed by atoms with Gasteiger partial charge < -0.3 is 9.47 Å². The lowest BCUT2D eigenvalue weighted by atomic mass is 10.0. The number of hydrogen-bond acceptors (Lipinski definition) is 2. The van der Waals surface area contributed by atoms with Crippen LogP contribution in [-0.4, -0.2) is 0 Å². The number of rotatable bonds is 9. The van der Waals surface area contributed by atoms with Crippen LogP contribution in [0.4, 0.5) is 35.1 Å². The summed E-state index contributed by atoms with van der Waals surface area (Å²) >= 11 is 0. The average molecular weight is 500 g/mol. The van der Waals surface area contributed by atoms with E-state index in [1.54, 1.807) is 6.08 Å². The molecule has 35 heavy (non-hydrogen) atoms. The zero-order chi connectivity index (χ0) is 25.8. The second-order valence-electron chi connectivity index (χ2n) is 7.19. The third-order valence-corrected chi connectivity index (χ3v) is 4.76. The van der Waals surface area contributed by atoms with Crippen LogP contribution in [0.25, 0.3) is 11.1 Å². The Morgan fingerprint density at radius 3 is 2.03 bits per heavy atom. The number of allylic oxidation sites excluding steroid dienone is 1. The van der Waals surface area contributed by atoms with Crippen LogP contribution in [-0.2, 0) is 12.5 Å². The Balaban J connectivity index is 1.82. The minimum atomic E-state index is -3.81. The van der Waals surface area contributed by atoms with Crippen LogP contribution >= 0.6 is 0 Å². The molecule has 0 fully saturated rings. The first kappa shape index (κ1) is 25.8. The van der Waals surface area contributed by atoms with Gasteiger partial charge in [-0.05, 0) is 60.4 Å². The highest BCUT2D eigenvalue weighted by molar-refractivity contribution is 5.66. The highest BCUT2D eigenvalue weighted by Gasteiger charge is 2.34. The first-order valence-corrected chi connectivity index (χ1v) is 9.96. The number of halogens is 8. The molecule has 0 radical (unpaired) electrons. The highest BCUT2D eigenvalue weighted by atomic mass is 19.3. The Bertz CT molecular complexity index is 1230. The largest absolute Gasteiger partial charge is 0.429 e. The molecule has 0 saturated heterocycles. The lowest BCUT2D eigenvalue weighted by Crippen LogP contribution is -2.22. The third kappa shape index (κ3) is 6.20. The summed E-state index contributed by atoms with van der Waals surface area (Å²) in [7, 11) is 0. The van der Waals surface area contributed by atoms with Crippen molar-refractivity contribution in [3.05, 3.63) is 108 Å². The summed E-state index contributed by atoms with van der Waals surface area (Å²) in [5, 5.41) is 0. The Morgan fingerprint density at radius 1 is 0.857 bits per heavy atom. The van der Waals surface area contributed by atoms with Crippen molar-refractivity contribution in [3.63, 3.8) is 0 Å². The zero-order valence-electron chi connectivity index (χ0n) is 17.7. The van der Waals surface area contributed by atoms with Crippen LogP contribution in [0.3, 0.4) is 0 Å². The van der Waals surface area contributed by atoms with E-state index in [0.29, 0.717) is 31.0 Å². The van der Waals surface area contributed by atoms with Gasteiger partial charge in [-0.1, -0.05) is 18.2 Å². The molecule has 0 atom stereocenters. The van der Waals surface area contributed by atoms with Crippen LogP contribution in [0.5, 0.6) is 11.5 Å². The van der Waals surface area contributed by atoms with Crippen molar-refractivity contribution in [2.24, 2.45) is 0 Å². The van der Waals surface area contributed by atoms with Crippen molar-refractivity contribution in [2.75, 3.05) is 0 Å². The minimum Gasteiger partial charge on any atom is -0.429 e. The van der Waals surface area contributed by atoms with Crippen molar-refractivity contribution in [1.29, 1.82) is 0 Å². The summed E-state index contributed by atoms with van der Waals surface area (Å²) in [5.74, 6) is -6.40. The van der Waals surface area contributed by atoms with Gasteiger partial charge in [0.05, 0.1) is 5.56 Å². The Labute approximate surface area is 194 Å². The van der Waals surface area contributed by atoms with Gasteiger partial charge in [0, 0.05) is 11.6 Å². The maximum absolute atomic E-state index is 14.6. The summed E-state index contributed by atoms with van der Waals surface area (Å²) in [5.41, 5.74) is -0.521. The summed E-state index contributed by atoms with van der Waals surface area (Å²) in [6.07, 6.45) is -3.76. The lowest BCUT2D eigenvalue weighted by Gasteiger charge is -2.19. The maximum atomic E-state index is 14.6. The Kier molecular flexibility index (Phi) is 7.83.